The van der Waals surface area contributed by atoms with E-state index in [0.717, 1.165) is 37.5 Å². The number of methoxy groups -OCH3 is 1. The summed E-state index contributed by atoms with van der Waals surface area (Å²) in [5, 5.41) is 5.94. The maximum Gasteiger partial charge on any atom is 0.308 e. The van der Waals surface area contributed by atoms with Crippen molar-refractivity contribution >= 4 is 41.8 Å². The van der Waals surface area contributed by atoms with Crippen molar-refractivity contribution in [2.45, 2.75) is 19.4 Å². The fourth-order valence-corrected chi connectivity index (χ4v) is 2.93. The Balaban J connectivity index is 0.00000338. The Morgan fingerprint density at radius 1 is 1.23 bits per heavy atom. The van der Waals surface area contributed by atoms with Gasteiger partial charge in [-0.25, -0.2) is 0 Å². The Bertz CT molecular complexity index is 626. The van der Waals surface area contributed by atoms with Crippen LogP contribution in [0.15, 0.2) is 29.3 Å². The van der Waals surface area contributed by atoms with Crippen LogP contribution in [0.2, 0.25) is 0 Å². The van der Waals surface area contributed by atoms with E-state index in [9.17, 15) is 9.59 Å². The van der Waals surface area contributed by atoms with Crippen LogP contribution in [0.25, 0.3) is 0 Å². The maximum absolute atomic E-state index is 11.6. The molecular formula is C18H27IN4O3. The lowest BCUT2D eigenvalue weighted by Crippen LogP contribution is -2.46. The number of halogens is 1. The van der Waals surface area contributed by atoms with E-state index in [1.54, 1.807) is 26.2 Å². The van der Waals surface area contributed by atoms with Gasteiger partial charge >= 0.3 is 5.97 Å². The second kappa shape index (κ2) is 11.0. The average molecular weight is 474 g/mol. The Labute approximate surface area is 171 Å². The zero-order valence-corrected chi connectivity index (χ0v) is 17.8. The fraction of sp³-hybridized carbons (Fsp3) is 0.500. The normalized spacial score (nSPS) is 15.0. The minimum atomic E-state index is -0.126. The highest BCUT2D eigenvalue weighted by molar-refractivity contribution is 14.0. The standard InChI is InChI=1S/C18H26N4O3.HI/c1-19-16(23)14-6-4-13(5-7-14)12-21-18(20-2)22-10-8-15(9-11-22)17(24)25-3;/h4-7,15H,8-12H2,1-3H3,(H,19,23)(H,20,21);1H. The number of esters is 1. The monoisotopic (exact) mass is 474 g/mol. The molecule has 144 valence electrons. The minimum absolute atomic E-state index is 0. The molecule has 0 spiro atoms. The molecule has 2 N–H and O–H groups in total. The molecule has 2 rings (SSSR count). The van der Waals surface area contributed by atoms with Crippen molar-refractivity contribution in [2.75, 3.05) is 34.3 Å². The van der Waals surface area contributed by atoms with Crippen LogP contribution in [0, 0.1) is 5.92 Å². The van der Waals surface area contributed by atoms with Gasteiger partial charge in [0.1, 0.15) is 0 Å². The quantitative estimate of drug-likeness (QED) is 0.300. The van der Waals surface area contributed by atoms with Crippen molar-refractivity contribution in [3.8, 4) is 0 Å². The summed E-state index contributed by atoms with van der Waals surface area (Å²) < 4.78 is 4.82. The van der Waals surface area contributed by atoms with E-state index in [-0.39, 0.29) is 41.8 Å². The average Bonchev–Trinajstić information content (AvgIpc) is 2.68. The molecule has 8 heteroatoms. The van der Waals surface area contributed by atoms with Crippen LogP contribution in [-0.2, 0) is 16.1 Å². The van der Waals surface area contributed by atoms with Crippen LogP contribution in [-0.4, -0.2) is 57.0 Å². The first-order chi connectivity index (χ1) is 12.1. The molecule has 1 aliphatic rings. The van der Waals surface area contributed by atoms with Gasteiger partial charge in [-0.05, 0) is 30.5 Å². The third-order valence-corrected chi connectivity index (χ3v) is 4.43. The number of carbonyl (C=O) groups is 2. The Morgan fingerprint density at radius 3 is 2.35 bits per heavy atom. The van der Waals surface area contributed by atoms with Crippen molar-refractivity contribution in [1.29, 1.82) is 0 Å². The highest BCUT2D eigenvalue weighted by Gasteiger charge is 2.26. The summed E-state index contributed by atoms with van der Waals surface area (Å²) in [6, 6.07) is 7.46. The number of hydrogen-bond acceptors (Lipinski definition) is 4. The second-order valence-electron chi connectivity index (χ2n) is 5.96. The molecule has 1 fully saturated rings. The number of amides is 1. The van der Waals surface area contributed by atoms with Gasteiger partial charge in [0.05, 0.1) is 13.0 Å². The summed E-state index contributed by atoms with van der Waals surface area (Å²) in [7, 11) is 4.80. The van der Waals surface area contributed by atoms with Gasteiger partial charge in [-0.1, -0.05) is 12.1 Å². The van der Waals surface area contributed by atoms with E-state index in [2.05, 4.69) is 20.5 Å². The van der Waals surface area contributed by atoms with Crippen LogP contribution in [0.3, 0.4) is 0 Å². The van der Waals surface area contributed by atoms with Crippen molar-refractivity contribution in [2.24, 2.45) is 10.9 Å². The number of guanidine groups is 1. The first-order valence-electron chi connectivity index (χ1n) is 8.43. The molecule has 0 atom stereocenters. The summed E-state index contributed by atoms with van der Waals surface area (Å²) >= 11 is 0. The first-order valence-corrected chi connectivity index (χ1v) is 8.43. The number of hydrogen-bond donors (Lipinski definition) is 2. The molecule has 26 heavy (non-hydrogen) atoms. The molecule has 1 aliphatic heterocycles. The zero-order chi connectivity index (χ0) is 18.2. The van der Waals surface area contributed by atoms with Gasteiger partial charge in [-0.2, -0.15) is 0 Å². The highest BCUT2D eigenvalue weighted by Crippen LogP contribution is 2.18. The van der Waals surface area contributed by atoms with Crippen LogP contribution in [0.1, 0.15) is 28.8 Å². The maximum atomic E-state index is 11.6. The van der Waals surface area contributed by atoms with Gasteiger partial charge in [0.2, 0.25) is 0 Å². The molecule has 1 aromatic carbocycles. The van der Waals surface area contributed by atoms with E-state index >= 15 is 0 Å². The molecule has 1 heterocycles. The number of ether oxygens (including phenoxy) is 1. The van der Waals surface area contributed by atoms with Crippen LogP contribution >= 0.6 is 24.0 Å². The zero-order valence-electron chi connectivity index (χ0n) is 15.4. The van der Waals surface area contributed by atoms with E-state index in [1.165, 1.54) is 7.11 Å². The summed E-state index contributed by atoms with van der Waals surface area (Å²) in [4.78, 5) is 29.6. The Hall–Kier alpha value is -1.84. The van der Waals surface area contributed by atoms with Crippen molar-refractivity contribution < 1.29 is 14.3 Å². The third-order valence-electron chi connectivity index (χ3n) is 4.43. The van der Waals surface area contributed by atoms with Crippen LogP contribution < -0.4 is 10.6 Å². The van der Waals surface area contributed by atoms with Crippen LogP contribution in [0.5, 0.6) is 0 Å². The lowest BCUT2D eigenvalue weighted by Gasteiger charge is -2.33. The number of carbonyl (C=O) groups excluding carboxylic acids is 2. The van der Waals surface area contributed by atoms with E-state index < -0.39 is 0 Å². The van der Waals surface area contributed by atoms with E-state index in [0.29, 0.717) is 12.1 Å². The summed E-state index contributed by atoms with van der Waals surface area (Å²) in [6.45, 7) is 2.17. The van der Waals surface area contributed by atoms with Crippen molar-refractivity contribution in [3.63, 3.8) is 0 Å². The van der Waals surface area contributed by atoms with Gasteiger partial charge in [-0.3, -0.25) is 14.6 Å². The number of piperidine rings is 1. The minimum Gasteiger partial charge on any atom is -0.469 e. The second-order valence-corrected chi connectivity index (χ2v) is 5.96. The number of aliphatic imine (C=N–C) groups is 1. The molecule has 0 saturated carbocycles. The number of nitrogens with zero attached hydrogens (tertiary/aromatic N) is 2. The Kier molecular flexibility index (Phi) is 9.39. The summed E-state index contributed by atoms with van der Waals surface area (Å²) in [6.07, 6.45) is 1.54. The fourth-order valence-electron chi connectivity index (χ4n) is 2.93. The first kappa shape index (κ1) is 22.2. The smallest absolute Gasteiger partial charge is 0.308 e. The van der Waals surface area contributed by atoms with Crippen molar-refractivity contribution in [1.82, 2.24) is 15.5 Å². The van der Waals surface area contributed by atoms with Gasteiger partial charge in [0.15, 0.2) is 5.96 Å². The van der Waals surface area contributed by atoms with Gasteiger partial charge in [0, 0.05) is 39.3 Å². The largest absolute Gasteiger partial charge is 0.469 e. The number of benzene rings is 1. The van der Waals surface area contributed by atoms with E-state index in [1.807, 2.05) is 12.1 Å². The molecule has 1 aromatic rings. The predicted molar refractivity (Wildman–Crippen MR) is 112 cm³/mol. The predicted octanol–water partition coefficient (Wildman–Crippen LogP) is 1.62. The molecule has 0 aliphatic carbocycles. The molecular weight excluding hydrogens is 447 g/mol. The van der Waals surface area contributed by atoms with Gasteiger partial charge < -0.3 is 20.3 Å². The molecule has 0 radical (unpaired) electrons. The number of nitrogens with one attached hydrogen (secondary N) is 2. The highest BCUT2D eigenvalue weighted by atomic mass is 127. The molecule has 1 amide bonds. The molecule has 0 unspecified atom stereocenters. The summed E-state index contributed by atoms with van der Waals surface area (Å²) in [5.41, 5.74) is 1.71. The topological polar surface area (TPSA) is 83.0 Å². The molecule has 1 saturated heterocycles. The third kappa shape index (κ3) is 5.86. The SMILES string of the molecule is CN=C(NCc1ccc(C(=O)NC)cc1)N1CCC(C(=O)OC)CC1.I. The number of rotatable bonds is 4. The number of likely N-dealkylation sites (tertiary alicyclic amines) is 1. The summed E-state index contributed by atoms with van der Waals surface area (Å²) in [5.74, 6) is 0.581. The van der Waals surface area contributed by atoms with Crippen LogP contribution in [0.4, 0.5) is 0 Å². The molecule has 0 bridgehead atoms. The molecule has 0 aromatic heterocycles. The van der Waals surface area contributed by atoms with Gasteiger partial charge in [0.25, 0.3) is 5.91 Å². The lowest BCUT2D eigenvalue weighted by atomic mass is 9.97. The lowest BCUT2D eigenvalue weighted by molar-refractivity contribution is -0.146. The van der Waals surface area contributed by atoms with Crippen molar-refractivity contribution in [3.05, 3.63) is 35.4 Å². The van der Waals surface area contributed by atoms with E-state index in [4.69, 9.17) is 4.74 Å². The molecule has 7 nitrogen and oxygen atoms in total. The van der Waals surface area contributed by atoms with Gasteiger partial charge in [-0.15, -0.1) is 24.0 Å². The Morgan fingerprint density at radius 2 is 1.85 bits per heavy atom.